The van der Waals surface area contributed by atoms with Crippen LogP contribution in [0.25, 0.3) is 0 Å². The van der Waals surface area contributed by atoms with Crippen molar-refractivity contribution in [3.8, 4) is 0 Å². The highest BCUT2D eigenvalue weighted by Gasteiger charge is 2.23. The van der Waals surface area contributed by atoms with Gasteiger partial charge in [-0.2, -0.15) is 0 Å². The van der Waals surface area contributed by atoms with Crippen LogP contribution in [0.4, 0.5) is 4.79 Å². The molecule has 0 aromatic carbocycles. The molecule has 0 spiro atoms. The van der Waals surface area contributed by atoms with Crippen molar-refractivity contribution in [2.24, 2.45) is 5.92 Å². The molecule has 114 valence electrons. The number of hydrogen-bond acceptors (Lipinski definition) is 4. The zero-order valence-corrected chi connectivity index (χ0v) is 12.3. The normalized spacial score (nSPS) is 20.9. The van der Waals surface area contributed by atoms with Crippen molar-refractivity contribution in [3.05, 3.63) is 0 Å². The van der Waals surface area contributed by atoms with Gasteiger partial charge >= 0.3 is 6.09 Å². The van der Waals surface area contributed by atoms with E-state index in [0.29, 0.717) is 19.6 Å². The van der Waals surface area contributed by atoms with Crippen molar-refractivity contribution < 1.29 is 14.3 Å². The summed E-state index contributed by atoms with van der Waals surface area (Å²) in [5.74, 6) is 0.460. The van der Waals surface area contributed by atoms with Gasteiger partial charge in [-0.15, -0.1) is 0 Å². The zero-order chi connectivity index (χ0) is 14.4. The molecule has 1 aliphatic carbocycles. The summed E-state index contributed by atoms with van der Waals surface area (Å²) < 4.78 is 4.71. The molecule has 2 rings (SSSR count). The molecule has 0 bridgehead atoms. The lowest BCUT2D eigenvalue weighted by Gasteiger charge is -2.33. The van der Waals surface area contributed by atoms with Crippen LogP contribution in [0.1, 0.15) is 25.7 Å². The molecule has 2 aliphatic rings. The van der Waals surface area contributed by atoms with Crippen molar-refractivity contribution >= 4 is 12.0 Å². The smallest absolute Gasteiger partial charge is 0.409 e. The molecule has 1 N–H and O–H groups in total. The molecule has 0 atom stereocenters. The van der Waals surface area contributed by atoms with Gasteiger partial charge in [-0.25, -0.2) is 4.79 Å². The molecule has 20 heavy (non-hydrogen) atoms. The van der Waals surface area contributed by atoms with Crippen LogP contribution in [0.2, 0.25) is 0 Å². The number of carbonyl (C=O) groups excluding carboxylic acids is 2. The molecule has 1 saturated carbocycles. The topological polar surface area (TPSA) is 61.9 Å². The van der Waals surface area contributed by atoms with Crippen LogP contribution in [0.5, 0.6) is 0 Å². The van der Waals surface area contributed by atoms with Gasteiger partial charge in [0.1, 0.15) is 0 Å². The summed E-state index contributed by atoms with van der Waals surface area (Å²) in [4.78, 5) is 27.2. The fraction of sp³-hybridized carbons (Fsp3) is 0.857. The third-order valence-corrected chi connectivity index (χ3v) is 4.26. The lowest BCUT2D eigenvalue weighted by Crippen LogP contribution is -2.50. The van der Waals surface area contributed by atoms with E-state index in [1.165, 1.54) is 20.0 Å². The Morgan fingerprint density at radius 3 is 2.40 bits per heavy atom. The number of amides is 2. The van der Waals surface area contributed by atoms with Crippen LogP contribution < -0.4 is 5.32 Å². The van der Waals surface area contributed by atoms with Gasteiger partial charge in [-0.3, -0.25) is 9.69 Å². The fourth-order valence-electron chi connectivity index (χ4n) is 2.95. The number of methoxy groups -OCH3 is 1. The quantitative estimate of drug-likeness (QED) is 0.824. The lowest BCUT2D eigenvalue weighted by atomic mass is 10.1. The molecule has 0 radical (unpaired) electrons. The molecule has 1 heterocycles. The van der Waals surface area contributed by atoms with Crippen LogP contribution in [0.3, 0.4) is 0 Å². The zero-order valence-electron chi connectivity index (χ0n) is 12.3. The molecule has 0 unspecified atom stereocenters. The van der Waals surface area contributed by atoms with E-state index in [2.05, 4.69) is 10.2 Å². The second kappa shape index (κ2) is 7.47. The predicted octanol–water partition coefficient (Wildman–Crippen LogP) is 0.677. The summed E-state index contributed by atoms with van der Waals surface area (Å²) in [5.41, 5.74) is 0. The highest BCUT2D eigenvalue weighted by molar-refractivity contribution is 5.78. The lowest BCUT2D eigenvalue weighted by molar-refractivity contribution is -0.124. The summed E-state index contributed by atoms with van der Waals surface area (Å²) in [6.45, 7) is 4.64. The van der Waals surface area contributed by atoms with E-state index in [4.69, 9.17) is 4.74 Å². The number of hydrogen-bond donors (Lipinski definition) is 1. The molecular weight excluding hydrogens is 258 g/mol. The Bertz CT molecular complexity index is 335. The molecule has 1 aliphatic heterocycles. The number of nitrogens with zero attached hydrogens (tertiary/aromatic N) is 2. The van der Waals surface area contributed by atoms with Gasteiger partial charge in [0.2, 0.25) is 5.91 Å². The van der Waals surface area contributed by atoms with Crippen molar-refractivity contribution in [2.75, 3.05) is 46.4 Å². The first-order valence-corrected chi connectivity index (χ1v) is 7.53. The SMILES string of the molecule is COC(=O)N1CCN(CCNC(=O)C2CCCC2)CC1. The Hall–Kier alpha value is -1.30. The van der Waals surface area contributed by atoms with Gasteiger partial charge in [0, 0.05) is 45.2 Å². The Morgan fingerprint density at radius 2 is 1.80 bits per heavy atom. The molecule has 0 aromatic heterocycles. The first-order chi connectivity index (χ1) is 9.70. The molecule has 2 fully saturated rings. The summed E-state index contributed by atoms with van der Waals surface area (Å²) in [6, 6.07) is 0. The maximum atomic E-state index is 11.9. The van der Waals surface area contributed by atoms with Crippen LogP contribution in [-0.4, -0.2) is 68.2 Å². The molecule has 0 aromatic rings. The molecule has 6 nitrogen and oxygen atoms in total. The highest BCUT2D eigenvalue weighted by Crippen LogP contribution is 2.24. The second-order valence-corrected chi connectivity index (χ2v) is 5.57. The van der Waals surface area contributed by atoms with Gasteiger partial charge in [0.15, 0.2) is 0 Å². The standard InChI is InChI=1S/C14H25N3O3/c1-20-14(19)17-10-8-16(9-11-17)7-6-15-13(18)12-4-2-3-5-12/h12H,2-11H2,1H3,(H,15,18). The van der Waals surface area contributed by atoms with Crippen molar-refractivity contribution in [3.63, 3.8) is 0 Å². The number of carbonyl (C=O) groups is 2. The maximum absolute atomic E-state index is 11.9. The third kappa shape index (κ3) is 4.10. The Labute approximate surface area is 120 Å². The average Bonchev–Trinajstić information content (AvgIpc) is 3.01. The van der Waals surface area contributed by atoms with Crippen LogP contribution in [0.15, 0.2) is 0 Å². The minimum Gasteiger partial charge on any atom is -0.453 e. The number of rotatable bonds is 4. The van der Waals surface area contributed by atoms with Gasteiger partial charge in [0.25, 0.3) is 0 Å². The van der Waals surface area contributed by atoms with E-state index >= 15 is 0 Å². The van der Waals surface area contributed by atoms with E-state index in [1.54, 1.807) is 4.90 Å². The highest BCUT2D eigenvalue weighted by atomic mass is 16.5. The molecule has 1 saturated heterocycles. The summed E-state index contributed by atoms with van der Waals surface area (Å²) in [5, 5.41) is 3.03. The predicted molar refractivity (Wildman–Crippen MR) is 75.4 cm³/mol. The monoisotopic (exact) mass is 283 g/mol. The van der Waals surface area contributed by atoms with Crippen molar-refractivity contribution in [1.29, 1.82) is 0 Å². The molecular formula is C14H25N3O3. The number of ether oxygens (including phenoxy) is 1. The number of piperazine rings is 1. The Balaban J connectivity index is 1.59. The fourth-order valence-corrected chi connectivity index (χ4v) is 2.95. The summed E-state index contributed by atoms with van der Waals surface area (Å²) in [6.07, 6.45) is 4.22. The van der Waals surface area contributed by atoms with Gasteiger partial charge < -0.3 is 15.0 Å². The first kappa shape index (κ1) is 15.1. The minimum absolute atomic E-state index is 0.218. The van der Waals surface area contributed by atoms with Gasteiger partial charge in [-0.1, -0.05) is 12.8 Å². The van der Waals surface area contributed by atoms with E-state index in [9.17, 15) is 9.59 Å². The minimum atomic E-state index is -0.251. The van der Waals surface area contributed by atoms with E-state index < -0.39 is 0 Å². The molecule has 2 amide bonds. The van der Waals surface area contributed by atoms with E-state index in [1.807, 2.05) is 0 Å². The van der Waals surface area contributed by atoms with Crippen LogP contribution in [-0.2, 0) is 9.53 Å². The van der Waals surface area contributed by atoms with Crippen LogP contribution in [0, 0.1) is 5.92 Å². The van der Waals surface area contributed by atoms with Gasteiger partial charge in [-0.05, 0) is 12.8 Å². The first-order valence-electron chi connectivity index (χ1n) is 7.53. The van der Waals surface area contributed by atoms with Gasteiger partial charge in [0.05, 0.1) is 7.11 Å². The Morgan fingerprint density at radius 1 is 1.15 bits per heavy atom. The van der Waals surface area contributed by atoms with E-state index in [0.717, 1.165) is 32.5 Å². The van der Waals surface area contributed by atoms with Crippen molar-refractivity contribution in [1.82, 2.24) is 15.1 Å². The largest absolute Gasteiger partial charge is 0.453 e. The molecule has 6 heteroatoms. The van der Waals surface area contributed by atoms with Crippen LogP contribution >= 0.6 is 0 Å². The maximum Gasteiger partial charge on any atom is 0.409 e. The van der Waals surface area contributed by atoms with Crippen molar-refractivity contribution in [2.45, 2.75) is 25.7 Å². The second-order valence-electron chi connectivity index (χ2n) is 5.57. The summed E-state index contributed by atoms with van der Waals surface area (Å²) >= 11 is 0. The van der Waals surface area contributed by atoms with E-state index in [-0.39, 0.29) is 17.9 Å². The summed E-state index contributed by atoms with van der Waals surface area (Å²) in [7, 11) is 1.41. The average molecular weight is 283 g/mol. The Kier molecular flexibility index (Phi) is 5.64. The third-order valence-electron chi connectivity index (χ3n) is 4.26. The number of nitrogens with one attached hydrogen (secondary N) is 1.